The van der Waals surface area contributed by atoms with Crippen LogP contribution in [-0.2, 0) is 28.7 Å². The molecule has 3 aromatic carbocycles. The summed E-state index contributed by atoms with van der Waals surface area (Å²) >= 11 is 5.83. The molecule has 0 unspecified atom stereocenters. The van der Waals surface area contributed by atoms with E-state index in [4.69, 9.17) is 16.3 Å². The van der Waals surface area contributed by atoms with Gasteiger partial charge in [0.25, 0.3) is 0 Å². The topological polar surface area (TPSA) is 77.7 Å². The van der Waals surface area contributed by atoms with Gasteiger partial charge in [-0.25, -0.2) is 9.18 Å². The number of urea groups is 1. The summed E-state index contributed by atoms with van der Waals surface area (Å²) in [6.07, 6.45) is -2.15. The summed E-state index contributed by atoms with van der Waals surface area (Å²) in [4.78, 5) is 32.7. The first-order valence-corrected chi connectivity index (χ1v) is 13.4. The quantitative estimate of drug-likeness (QED) is 0.186. The number of hydrogen-bond donors (Lipinski definition) is 2. The Kier molecular flexibility index (Phi) is 10.1. The number of ether oxygens (including phenoxy) is 1. The molecule has 42 heavy (non-hydrogen) atoms. The van der Waals surface area contributed by atoms with Gasteiger partial charge in [0.1, 0.15) is 12.4 Å². The number of H-pyrrole nitrogens is 1. The maximum Gasteiger partial charge on any atom is 0.416 e. The summed E-state index contributed by atoms with van der Waals surface area (Å²) in [6, 6.07) is 15.4. The zero-order valence-electron chi connectivity index (χ0n) is 22.7. The number of nitrogens with one attached hydrogen (secondary N) is 2. The van der Waals surface area contributed by atoms with Crippen LogP contribution in [0.5, 0.6) is 0 Å². The van der Waals surface area contributed by atoms with Gasteiger partial charge in [0.05, 0.1) is 17.2 Å². The van der Waals surface area contributed by atoms with Crippen LogP contribution in [0.25, 0.3) is 10.9 Å². The standard InChI is InChI=1S/C30H29ClF4N4O3/c1-42-15-14-39(29(41)37-23-10-11-26(32)25(31)16-23)19-28(40)38(18-20-6-8-22(9-7-20)30(33,34)35)13-12-21-17-36-27-5-3-2-4-24(21)27/h2-11,16-17,36H,12-15,18-19H2,1H3,(H,37,41). The number of aromatic nitrogens is 1. The number of aromatic amines is 1. The van der Waals surface area contributed by atoms with E-state index in [-0.39, 0.29) is 43.5 Å². The van der Waals surface area contributed by atoms with Crippen LogP contribution >= 0.6 is 11.6 Å². The summed E-state index contributed by atoms with van der Waals surface area (Å²) in [6.45, 7) is 0.152. The molecule has 4 aromatic rings. The predicted octanol–water partition coefficient (Wildman–Crippen LogP) is 6.73. The van der Waals surface area contributed by atoms with Crippen LogP contribution in [0, 0.1) is 5.82 Å². The molecule has 0 fully saturated rings. The van der Waals surface area contributed by atoms with Crippen LogP contribution in [-0.4, -0.2) is 60.1 Å². The van der Waals surface area contributed by atoms with Gasteiger partial charge >= 0.3 is 12.2 Å². The average molecular weight is 605 g/mol. The minimum Gasteiger partial charge on any atom is -0.383 e. The van der Waals surface area contributed by atoms with E-state index in [2.05, 4.69) is 10.3 Å². The van der Waals surface area contributed by atoms with E-state index in [0.717, 1.165) is 34.7 Å². The monoisotopic (exact) mass is 604 g/mol. The second-order valence-electron chi connectivity index (χ2n) is 9.59. The minimum atomic E-state index is -4.48. The Morgan fingerprint density at radius 2 is 1.74 bits per heavy atom. The summed E-state index contributed by atoms with van der Waals surface area (Å²) in [7, 11) is 1.45. The molecule has 0 spiro atoms. The Balaban J connectivity index is 1.53. The Bertz CT molecular complexity index is 1530. The summed E-state index contributed by atoms with van der Waals surface area (Å²) < 4.78 is 57.9. The number of nitrogens with zero attached hydrogens (tertiary/aromatic N) is 2. The van der Waals surface area contributed by atoms with E-state index in [1.165, 1.54) is 41.2 Å². The number of hydrogen-bond acceptors (Lipinski definition) is 3. The number of para-hydroxylation sites is 1. The molecule has 1 aromatic heterocycles. The molecular weight excluding hydrogens is 576 g/mol. The number of rotatable bonds is 11. The van der Waals surface area contributed by atoms with Crippen molar-refractivity contribution >= 4 is 40.1 Å². The molecule has 4 rings (SSSR count). The summed E-state index contributed by atoms with van der Waals surface area (Å²) in [5.74, 6) is -1.06. The fourth-order valence-electron chi connectivity index (χ4n) is 4.40. The van der Waals surface area contributed by atoms with Crippen molar-refractivity contribution in [3.8, 4) is 0 Å². The lowest BCUT2D eigenvalue weighted by Crippen LogP contribution is -2.46. The van der Waals surface area contributed by atoms with E-state index in [1.807, 2.05) is 30.5 Å². The lowest BCUT2D eigenvalue weighted by molar-refractivity contribution is -0.137. The third-order valence-electron chi connectivity index (χ3n) is 6.68. The van der Waals surface area contributed by atoms with E-state index < -0.39 is 29.5 Å². The van der Waals surface area contributed by atoms with Crippen molar-refractivity contribution in [2.75, 3.05) is 38.7 Å². The number of anilines is 1. The van der Waals surface area contributed by atoms with Crippen LogP contribution in [0.1, 0.15) is 16.7 Å². The highest BCUT2D eigenvalue weighted by atomic mass is 35.5. The first-order chi connectivity index (χ1) is 20.0. The highest BCUT2D eigenvalue weighted by Gasteiger charge is 2.30. The number of methoxy groups -OCH3 is 1. The van der Waals surface area contributed by atoms with E-state index in [0.29, 0.717) is 12.0 Å². The van der Waals surface area contributed by atoms with E-state index >= 15 is 0 Å². The molecule has 0 aliphatic rings. The van der Waals surface area contributed by atoms with Gasteiger partial charge in [-0.05, 0) is 53.9 Å². The third kappa shape index (κ3) is 8.01. The highest BCUT2D eigenvalue weighted by Crippen LogP contribution is 2.29. The number of halogens is 5. The van der Waals surface area contributed by atoms with Crippen molar-refractivity contribution in [2.24, 2.45) is 0 Å². The summed E-state index contributed by atoms with van der Waals surface area (Å²) in [5, 5.41) is 3.43. The largest absolute Gasteiger partial charge is 0.416 e. The maximum atomic E-state index is 13.6. The molecular formula is C30H29ClF4N4O3. The van der Waals surface area contributed by atoms with E-state index in [1.54, 1.807) is 0 Å². The molecule has 222 valence electrons. The molecule has 0 aliphatic carbocycles. The van der Waals surface area contributed by atoms with Crippen LogP contribution in [0.4, 0.5) is 28.0 Å². The molecule has 3 amide bonds. The van der Waals surface area contributed by atoms with Crippen LogP contribution in [0.15, 0.2) is 72.9 Å². The smallest absolute Gasteiger partial charge is 0.383 e. The normalized spacial score (nSPS) is 11.5. The molecule has 1 heterocycles. The number of amides is 3. The molecule has 0 aliphatic heterocycles. The lowest BCUT2D eigenvalue weighted by Gasteiger charge is -2.28. The number of benzene rings is 3. The maximum absolute atomic E-state index is 13.6. The Labute approximate surface area is 245 Å². The Morgan fingerprint density at radius 1 is 1.00 bits per heavy atom. The fourth-order valence-corrected chi connectivity index (χ4v) is 4.58. The van der Waals surface area contributed by atoms with Crippen molar-refractivity contribution in [1.82, 2.24) is 14.8 Å². The second kappa shape index (κ2) is 13.7. The van der Waals surface area contributed by atoms with E-state index in [9.17, 15) is 27.2 Å². The molecule has 0 radical (unpaired) electrons. The number of alkyl halides is 3. The Hall–Kier alpha value is -4.09. The highest BCUT2D eigenvalue weighted by molar-refractivity contribution is 6.31. The first kappa shape index (κ1) is 30.9. The van der Waals surface area contributed by atoms with Crippen molar-refractivity contribution in [2.45, 2.75) is 19.1 Å². The number of fused-ring (bicyclic) bond motifs is 1. The van der Waals surface area contributed by atoms with Crippen LogP contribution < -0.4 is 5.32 Å². The molecule has 7 nitrogen and oxygen atoms in total. The van der Waals surface area contributed by atoms with Gasteiger partial charge in [-0.3, -0.25) is 4.79 Å². The van der Waals surface area contributed by atoms with Gasteiger partial charge in [-0.15, -0.1) is 0 Å². The molecule has 0 bridgehead atoms. The molecule has 0 atom stereocenters. The van der Waals surface area contributed by atoms with Crippen LogP contribution in [0.3, 0.4) is 0 Å². The summed E-state index contributed by atoms with van der Waals surface area (Å²) in [5.41, 5.74) is 1.87. The van der Waals surface area contributed by atoms with Crippen molar-refractivity contribution in [1.29, 1.82) is 0 Å². The second-order valence-corrected chi connectivity index (χ2v) is 10.0. The molecule has 0 saturated carbocycles. The first-order valence-electron chi connectivity index (χ1n) is 13.0. The van der Waals surface area contributed by atoms with Gasteiger partial charge in [0, 0.05) is 49.5 Å². The molecule has 2 N–H and O–H groups in total. The van der Waals surface area contributed by atoms with Gasteiger partial charge in [-0.1, -0.05) is 41.9 Å². The fraction of sp³-hybridized carbons (Fsp3) is 0.267. The molecule has 12 heteroatoms. The van der Waals surface area contributed by atoms with Gasteiger partial charge in [0.2, 0.25) is 5.91 Å². The van der Waals surface area contributed by atoms with Gasteiger partial charge in [0.15, 0.2) is 0 Å². The van der Waals surface area contributed by atoms with Crippen molar-refractivity contribution in [3.05, 3.63) is 100 Å². The number of carbonyl (C=O) groups excluding carboxylic acids is 2. The SMILES string of the molecule is COCCN(CC(=O)N(CCc1c[nH]c2ccccc12)Cc1ccc(C(F)(F)F)cc1)C(=O)Nc1ccc(F)c(Cl)c1. The zero-order valence-corrected chi connectivity index (χ0v) is 23.4. The molecule has 0 saturated heterocycles. The lowest BCUT2D eigenvalue weighted by atomic mass is 10.1. The predicted molar refractivity (Wildman–Crippen MR) is 153 cm³/mol. The third-order valence-corrected chi connectivity index (χ3v) is 6.97. The Morgan fingerprint density at radius 3 is 2.43 bits per heavy atom. The zero-order chi connectivity index (χ0) is 30.3. The van der Waals surface area contributed by atoms with Gasteiger partial charge in [-0.2, -0.15) is 13.2 Å². The van der Waals surface area contributed by atoms with Crippen molar-refractivity contribution in [3.63, 3.8) is 0 Å². The minimum absolute atomic E-state index is 0.0344. The van der Waals surface area contributed by atoms with Gasteiger partial charge < -0.3 is 24.8 Å². The average Bonchev–Trinajstić information content (AvgIpc) is 3.38. The number of carbonyl (C=O) groups is 2. The van der Waals surface area contributed by atoms with Crippen molar-refractivity contribution < 1.29 is 31.9 Å². The van der Waals surface area contributed by atoms with Crippen LogP contribution in [0.2, 0.25) is 5.02 Å².